The zero-order chi connectivity index (χ0) is 14.5. The number of aryl methyl sites for hydroxylation is 1. The van der Waals surface area contributed by atoms with Crippen molar-refractivity contribution in [3.8, 4) is 0 Å². The van der Waals surface area contributed by atoms with Gasteiger partial charge in [0.15, 0.2) is 0 Å². The van der Waals surface area contributed by atoms with Crippen molar-refractivity contribution in [2.75, 3.05) is 0 Å². The molecule has 0 spiro atoms. The molecule has 0 fully saturated rings. The first-order valence-electron chi connectivity index (χ1n) is 5.81. The molecule has 0 aliphatic rings. The second kappa shape index (κ2) is 6.16. The summed E-state index contributed by atoms with van der Waals surface area (Å²) in [6.07, 6.45) is 4.15. The van der Waals surface area contributed by atoms with Crippen molar-refractivity contribution < 1.29 is 14.7 Å². The molecule has 20 heavy (non-hydrogen) atoms. The van der Waals surface area contributed by atoms with Crippen LogP contribution in [0.2, 0.25) is 0 Å². The molecule has 6 nitrogen and oxygen atoms in total. The molecule has 0 atom stereocenters. The smallest absolute Gasteiger partial charge is 0.328 e. The van der Waals surface area contributed by atoms with Crippen LogP contribution in [-0.2, 0) is 18.4 Å². The highest BCUT2D eigenvalue weighted by molar-refractivity contribution is 7.10. The number of aliphatic carboxylic acids is 1. The van der Waals surface area contributed by atoms with Gasteiger partial charge in [-0.05, 0) is 29.2 Å². The van der Waals surface area contributed by atoms with Crippen molar-refractivity contribution in [2.45, 2.75) is 6.54 Å². The number of nitrogens with one attached hydrogen (secondary N) is 1. The molecule has 7 heteroatoms. The second-order valence-electron chi connectivity index (χ2n) is 3.99. The van der Waals surface area contributed by atoms with Crippen LogP contribution in [0.1, 0.15) is 20.9 Å². The Kier molecular flexibility index (Phi) is 4.31. The molecular formula is C13H13N3O3S. The first-order chi connectivity index (χ1) is 9.58. The molecule has 2 aromatic heterocycles. The maximum atomic E-state index is 11.9. The molecule has 104 valence electrons. The van der Waals surface area contributed by atoms with E-state index in [1.807, 2.05) is 11.4 Å². The summed E-state index contributed by atoms with van der Waals surface area (Å²) in [6.45, 7) is 0.348. The topological polar surface area (TPSA) is 84.2 Å². The molecule has 0 aliphatic heterocycles. The Balaban J connectivity index is 2.01. The first-order valence-corrected chi connectivity index (χ1v) is 6.69. The predicted octanol–water partition coefficient (Wildman–Crippen LogP) is 1.51. The largest absolute Gasteiger partial charge is 0.478 e. The van der Waals surface area contributed by atoms with Gasteiger partial charge in [0.1, 0.15) is 5.69 Å². The highest BCUT2D eigenvalue weighted by Crippen LogP contribution is 2.18. The van der Waals surface area contributed by atoms with Gasteiger partial charge in [0.2, 0.25) is 0 Å². The fourth-order valence-electron chi connectivity index (χ4n) is 1.65. The van der Waals surface area contributed by atoms with Crippen molar-refractivity contribution in [1.82, 2.24) is 15.1 Å². The lowest BCUT2D eigenvalue weighted by Gasteiger charge is -2.05. The summed E-state index contributed by atoms with van der Waals surface area (Å²) < 4.78 is 1.50. The van der Waals surface area contributed by atoms with Crippen molar-refractivity contribution in [3.05, 3.63) is 45.9 Å². The number of aromatic nitrogens is 2. The fourth-order valence-corrected chi connectivity index (χ4v) is 2.46. The Bertz CT molecular complexity index is 657. The lowest BCUT2D eigenvalue weighted by Crippen LogP contribution is -2.24. The van der Waals surface area contributed by atoms with Crippen LogP contribution in [0.5, 0.6) is 0 Å². The van der Waals surface area contributed by atoms with Gasteiger partial charge in [0.25, 0.3) is 5.91 Å². The number of hydrogen-bond acceptors (Lipinski definition) is 4. The van der Waals surface area contributed by atoms with Gasteiger partial charge in [-0.25, -0.2) is 4.79 Å². The first kappa shape index (κ1) is 14.0. The van der Waals surface area contributed by atoms with E-state index in [9.17, 15) is 9.59 Å². The lowest BCUT2D eigenvalue weighted by atomic mass is 10.2. The summed E-state index contributed by atoms with van der Waals surface area (Å²) in [5, 5.41) is 17.2. The van der Waals surface area contributed by atoms with Crippen molar-refractivity contribution in [3.63, 3.8) is 0 Å². The molecule has 0 saturated carbocycles. The summed E-state index contributed by atoms with van der Waals surface area (Å²) in [5.41, 5.74) is 1.27. The molecule has 0 aliphatic carbocycles. The maximum Gasteiger partial charge on any atom is 0.328 e. The predicted molar refractivity (Wildman–Crippen MR) is 75.4 cm³/mol. The van der Waals surface area contributed by atoms with E-state index in [2.05, 4.69) is 10.4 Å². The van der Waals surface area contributed by atoms with Crippen LogP contribution >= 0.6 is 11.3 Å². The van der Waals surface area contributed by atoms with Gasteiger partial charge < -0.3 is 10.4 Å². The zero-order valence-corrected chi connectivity index (χ0v) is 11.6. The Morgan fingerprint density at radius 2 is 2.30 bits per heavy atom. The normalized spacial score (nSPS) is 10.8. The highest BCUT2D eigenvalue weighted by Gasteiger charge is 2.10. The Morgan fingerprint density at radius 1 is 1.50 bits per heavy atom. The Morgan fingerprint density at radius 3 is 2.95 bits per heavy atom. The van der Waals surface area contributed by atoms with E-state index in [-0.39, 0.29) is 5.91 Å². The molecule has 2 N–H and O–H groups in total. The lowest BCUT2D eigenvalue weighted by molar-refractivity contribution is -0.131. The van der Waals surface area contributed by atoms with Gasteiger partial charge in [-0.15, -0.1) is 11.3 Å². The van der Waals surface area contributed by atoms with Crippen LogP contribution in [-0.4, -0.2) is 26.8 Å². The molecule has 0 saturated heterocycles. The number of amides is 1. The summed E-state index contributed by atoms with van der Waals surface area (Å²) in [7, 11) is 1.70. The van der Waals surface area contributed by atoms with Gasteiger partial charge in [-0.2, -0.15) is 5.10 Å². The number of rotatable bonds is 5. The van der Waals surface area contributed by atoms with E-state index in [0.717, 1.165) is 16.5 Å². The third kappa shape index (κ3) is 3.33. The van der Waals surface area contributed by atoms with Crippen LogP contribution in [0.4, 0.5) is 0 Å². The monoisotopic (exact) mass is 291 g/mol. The fraction of sp³-hybridized carbons (Fsp3) is 0.154. The second-order valence-corrected chi connectivity index (χ2v) is 4.99. The third-order valence-corrected chi connectivity index (χ3v) is 3.59. The van der Waals surface area contributed by atoms with Crippen molar-refractivity contribution in [2.24, 2.45) is 7.05 Å². The number of carboxylic acids is 1. The van der Waals surface area contributed by atoms with E-state index >= 15 is 0 Å². The summed E-state index contributed by atoms with van der Waals surface area (Å²) in [6, 6.07) is 3.45. The van der Waals surface area contributed by atoms with E-state index in [1.165, 1.54) is 22.1 Å². The van der Waals surface area contributed by atoms with E-state index in [4.69, 9.17) is 5.11 Å². The summed E-state index contributed by atoms with van der Waals surface area (Å²) in [4.78, 5) is 23.3. The van der Waals surface area contributed by atoms with Gasteiger partial charge in [-0.1, -0.05) is 0 Å². The minimum Gasteiger partial charge on any atom is -0.478 e. The van der Waals surface area contributed by atoms with Crippen LogP contribution in [0.3, 0.4) is 0 Å². The highest BCUT2D eigenvalue weighted by atomic mass is 32.1. The molecule has 2 heterocycles. The number of carbonyl (C=O) groups excluding carboxylic acids is 1. The standard InChI is InChI=1S/C13H13N3O3S/c1-16-10(4-6-15-16)13(19)14-8-11-9(5-7-20-11)2-3-12(17)18/h2-7H,8H2,1H3,(H,14,19)(H,17,18)/b3-2+. The molecule has 2 aromatic rings. The summed E-state index contributed by atoms with van der Waals surface area (Å²) in [5.74, 6) is -1.22. The quantitative estimate of drug-likeness (QED) is 0.818. The molecule has 0 unspecified atom stereocenters. The van der Waals surface area contributed by atoms with Gasteiger partial charge >= 0.3 is 5.97 Å². The number of hydrogen-bond donors (Lipinski definition) is 2. The van der Waals surface area contributed by atoms with E-state index < -0.39 is 5.97 Å². The summed E-state index contributed by atoms with van der Waals surface area (Å²) >= 11 is 1.46. The average molecular weight is 291 g/mol. The molecule has 0 bridgehead atoms. The van der Waals surface area contributed by atoms with Crippen LogP contribution in [0.15, 0.2) is 29.8 Å². The molecule has 0 aromatic carbocycles. The molecule has 1 amide bonds. The number of carboxylic acid groups (broad SMARTS) is 1. The third-order valence-electron chi connectivity index (χ3n) is 2.65. The average Bonchev–Trinajstić information content (AvgIpc) is 3.02. The number of nitrogens with zero attached hydrogens (tertiary/aromatic N) is 2. The van der Waals surface area contributed by atoms with Crippen LogP contribution in [0, 0.1) is 0 Å². The van der Waals surface area contributed by atoms with Gasteiger partial charge in [-0.3, -0.25) is 9.48 Å². The minimum absolute atomic E-state index is 0.216. The van der Waals surface area contributed by atoms with E-state index in [1.54, 1.807) is 19.3 Å². The van der Waals surface area contributed by atoms with Gasteiger partial charge in [0, 0.05) is 24.2 Å². The Hall–Kier alpha value is -2.41. The minimum atomic E-state index is -0.999. The Labute approximate surface area is 119 Å². The van der Waals surface area contributed by atoms with Gasteiger partial charge in [0.05, 0.1) is 6.54 Å². The molecule has 2 rings (SSSR count). The van der Waals surface area contributed by atoms with Crippen molar-refractivity contribution >= 4 is 29.3 Å². The molecular weight excluding hydrogens is 278 g/mol. The number of thiophene rings is 1. The van der Waals surface area contributed by atoms with Crippen LogP contribution < -0.4 is 5.32 Å². The zero-order valence-electron chi connectivity index (χ0n) is 10.7. The van der Waals surface area contributed by atoms with E-state index in [0.29, 0.717) is 12.2 Å². The number of carbonyl (C=O) groups is 2. The SMILES string of the molecule is Cn1nccc1C(=O)NCc1sccc1/C=C/C(=O)O. The van der Waals surface area contributed by atoms with Crippen molar-refractivity contribution in [1.29, 1.82) is 0 Å². The maximum absolute atomic E-state index is 11.9. The van der Waals surface area contributed by atoms with Crippen LogP contribution in [0.25, 0.3) is 6.08 Å². The molecule has 0 radical (unpaired) electrons.